The van der Waals surface area contributed by atoms with Crippen LogP contribution >= 0.6 is 11.6 Å². The van der Waals surface area contributed by atoms with Crippen molar-refractivity contribution in [1.82, 2.24) is 5.32 Å². The molecule has 2 atom stereocenters. The zero-order valence-corrected chi connectivity index (χ0v) is 12.4. The molecular formula is C16H23ClN2. The lowest BCUT2D eigenvalue weighted by molar-refractivity contribution is 0.348. The van der Waals surface area contributed by atoms with Gasteiger partial charge < -0.3 is 10.2 Å². The summed E-state index contributed by atoms with van der Waals surface area (Å²) in [5.74, 6) is 1.71. The third kappa shape index (κ3) is 3.64. The standard InChI is InChI=1S/C16H23ClN2/c1-12-8-15(18-9-13-2-3-13)11-19(10-12)16-6-4-14(17)5-7-16/h4-7,12-13,15,18H,2-3,8-11H2,1H3. The van der Waals surface area contributed by atoms with E-state index in [0.717, 1.165) is 29.9 Å². The number of benzene rings is 1. The molecule has 1 N–H and O–H groups in total. The van der Waals surface area contributed by atoms with Crippen LogP contribution in [0.1, 0.15) is 26.2 Å². The molecule has 3 rings (SSSR count). The van der Waals surface area contributed by atoms with Gasteiger partial charge in [-0.25, -0.2) is 0 Å². The van der Waals surface area contributed by atoms with Crippen LogP contribution < -0.4 is 10.2 Å². The predicted molar refractivity (Wildman–Crippen MR) is 82.0 cm³/mol. The molecule has 1 aromatic carbocycles. The quantitative estimate of drug-likeness (QED) is 0.906. The first-order chi connectivity index (χ1) is 9.20. The molecule has 1 aliphatic carbocycles. The summed E-state index contributed by atoms with van der Waals surface area (Å²) in [6.07, 6.45) is 4.16. The molecule has 1 heterocycles. The Balaban J connectivity index is 1.61. The molecule has 1 aliphatic heterocycles. The van der Waals surface area contributed by atoms with E-state index in [2.05, 4.69) is 29.3 Å². The third-order valence-corrected chi connectivity index (χ3v) is 4.50. The Morgan fingerprint density at radius 1 is 1.21 bits per heavy atom. The normalized spacial score (nSPS) is 27.6. The van der Waals surface area contributed by atoms with Crippen molar-refractivity contribution in [3.8, 4) is 0 Å². The number of halogens is 1. The predicted octanol–water partition coefficient (Wildman–Crippen LogP) is 3.55. The summed E-state index contributed by atoms with van der Waals surface area (Å²) in [6, 6.07) is 8.89. The molecule has 19 heavy (non-hydrogen) atoms. The number of hydrogen-bond donors (Lipinski definition) is 1. The molecule has 0 aromatic heterocycles. The summed E-state index contributed by atoms with van der Waals surface area (Å²) in [5, 5.41) is 4.57. The van der Waals surface area contributed by atoms with Gasteiger partial charge in [0, 0.05) is 29.8 Å². The first-order valence-corrected chi connectivity index (χ1v) is 7.82. The summed E-state index contributed by atoms with van der Waals surface area (Å²) >= 11 is 5.97. The van der Waals surface area contributed by atoms with Gasteiger partial charge >= 0.3 is 0 Å². The Morgan fingerprint density at radius 2 is 1.95 bits per heavy atom. The molecular weight excluding hydrogens is 256 g/mol. The smallest absolute Gasteiger partial charge is 0.0407 e. The first-order valence-electron chi connectivity index (χ1n) is 7.44. The van der Waals surface area contributed by atoms with Gasteiger partial charge in [-0.3, -0.25) is 0 Å². The molecule has 2 aliphatic rings. The maximum absolute atomic E-state index is 5.97. The largest absolute Gasteiger partial charge is 0.370 e. The number of piperidine rings is 1. The Hall–Kier alpha value is -0.730. The van der Waals surface area contributed by atoms with Gasteiger partial charge in [-0.05, 0) is 61.9 Å². The molecule has 2 nitrogen and oxygen atoms in total. The number of nitrogens with one attached hydrogen (secondary N) is 1. The topological polar surface area (TPSA) is 15.3 Å². The van der Waals surface area contributed by atoms with Crippen molar-refractivity contribution in [2.75, 3.05) is 24.5 Å². The van der Waals surface area contributed by atoms with Gasteiger partial charge in [0.2, 0.25) is 0 Å². The van der Waals surface area contributed by atoms with Gasteiger partial charge in [-0.15, -0.1) is 0 Å². The second-order valence-electron chi connectivity index (χ2n) is 6.27. The maximum atomic E-state index is 5.97. The van der Waals surface area contributed by atoms with Crippen LogP contribution in [0, 0.1) is 11.8 Å². The van der Waals surface area contributed by atoms with Crippen LogP contribution in [0.4, 0.5) is 5.69 Å². The molecule has 1 aromatic rings. The van der Waals surface area contributed by atoms with Crippen LogP contribution in [-0.4, -0.2) is 25.7 Å². The van der Waals surface area contributed by atoms with Gasteiger partial charge in [0.05, 0.1) is 0 Å². The van der Waals surface area contributed by atoms with Crippen LogP contribution in [0.15, 0.2) is 24.3 Å². The number of hydrogen-bond acceptors (Lipinski definition) is 2. The molecule has 0 amide bonds. The van der Waals surface area contributed by atoms with Crippen LogP contribution in [0.3, 0.4) is 0 Å². The average molecular weight is 279 g/mol. The van der Waals surface area contributed by atoms with E-state index in [-0.39, 0.29) is 0 Å². The number of anilines is 1. The minimum atomic E-state index is 0.639. The second kappa shape index (κ2) is 5.72. The van der Waals surface area contributed by atoms with E-state index in [4.69, 9.17) is 11.6 Å². The average Bonchev–Trinajstić information content (AvgIpc) is 3.20. The van der Waals surface area contributed by atoms with Crippen molar-refractivity contribution < 1.29 is 0 Å². The van der Waals surface area contributed by atoms with Gasteiger partial charge in [0.15, 0.2) is 0 Å². The van der Waals surface area contributed by atoms with Crippen molar-refractivity contribution in [2.45, 2.75) is 32.2 Å². The molecule has 0 bridgehead atoms. The first kappa shape index (κ1) is 13.3. The Labute approximate surface area is 121 Å². The van der Waals surface area contributed by atoms with E-state index >= 15 is 0 Å². The van der Waals surface area contributed by atoms with Crippen molar-refractivity contribution in [3.05, 3.63) is 29.3 Å². The number of nitrogens with zero attached hydrogens (tertiary/aromatic N) is 1. The molecule has 1 saturated carbocycles. The van der Waals surface area contributed by atoms with E-state index in [0.29, 0.717) is 6.04 Å². The molecule has 0 radical (unpaired) electrons. The lowest BCUT2D eigenvalue weighted by Gasteiger charge is -2.38. The van der Waals surface area contributed by atoms with E-state index in [9.17, 15) is 0 Å². The van der Waals surface area contributed by atoms with Crippen molar-refractivity contribution >= 4 is 17.3 Å². The molecule has 3 heteroatoms. The summed E-state index contributed by atoms with van der Waals surface area (Å²) in [7, 11) is 0. The van der Waals surface area contributed by atoms with Crippen molar-refractivity contribution in [2.24, 2.45) is 11.8 Å². The highest BCUT2D eigenvalue weighted by Gasteiger charge is 2.27. The summed E-state index contributed by atoms with van der Waals surface area (Å²) in [4.78, 5) is 2.50. The summed E-state index contributed by atoms with van der Waals surface area (Å²) in [5.41, 5.74) is 1.30. The van der Waals surface area contributed by atoms with E-state index in [1.165, 1.54) is 31.5 Å². The number of rotatable bonds is 4. The van der Waals surface area contributed by atoms with Crippen LogP contribution in [0.2, 0.25) is 5.02 Å². The molecule has 0 spiro atoms. The maximum Gasteiger partial charge on any atom is 0.0407 e. The van der Waals surface area contributed by atoms with E-state index in [1.54, 1.807) is 0 Å². The second-order valence-corrected chi connectivity index (χ2v) is 6.71. The zero-order chi connectivity index (χ0) is 13.2. The van der Waals surface area contributed by atoms with Crippen LogP contribution in [0.25, 0.3) is 0 Å². The lowest BCUT2D eigenvalue weighted by atomic mass is 9.95. The fourth-order valence-electron chi connectivity index (χ4n) is 3.02. The van der Waals surface area contributed by atoms with Crippen molar-refractivity contribution in [1.29, 1.82) is 0 Å². The van der Waals surface area contributed by atoms with Crippen LogP contribution in [-0.2, 0) is 0 Å². The van der Waals surface area contributed by atoms with Gasteiger partial charge in [0.25, 0.3) is 0 Å². The van der Waals surface area contributed by atoms with E-state index < -0.39 is 0 Å². The fourth-order valence-corrected chi connectivity index (χ4v) is 3.14. The Bertz CT molecular complexity index is 413. The summed E-state index contributed by atoms with van der Waals surface area (Å²) in [6.45, 7) is 5.85. The molecule has 104 valence electrons. The highest BCUT2D eigenvalue weighted by molar-refractivity contribution is 6.30. The molecule has 2 unspecified atom stereocenters. The highest BCUT2D eigenvalue weighted by atomic mass is 35.5. The van der Waals surface area contributed by atoms with Crippen molar-refractivity contribution in [3.63, 3.8) is 0 Å². The van der Waals surface area contributed by atoms with Gasteiger partial charge in [0.1, 0.15) is 0 Å². The SMILES string of the molecule is CC1CC(NCC2CC2)CN(c2ccc(Cl)cc2)C1. The third-order valence-electron chi connectivity index (χ3n) is 4.24. The molecule has 2 fully saturated rings. The highest BCUT2D eigenvalue weighted by Crippen LogP contribution is 2.29. The Morgan fingerprint density at radius 3 is 2.63 bits per heavy atom. The minimum Gasteiger partial charge on any atom is -0.370 e. The minimum absolute atomic E-state index is 0.639. The summed E-state index contributed by atoms with van der Waals surface area (Å²) < 4.78 is 0. The lowest BCUT2D eigenvalue weighted by Crippen LogP contribution is -2.49. The van der Waals surface area contributed by atoms with Crippen LogP contribution in [0.5, 0.6) is 0 Å². The fraction of sp³-hybridized carbons (Fsp3) is 0.625. The van der Waals surface area contributed by atoms with Gasteiger partial charge in [-0.2, -0.15) is 0 Å². The molecule has 1 saturated heterocycles. The van der Waals surface area contributed by atoms with Gasteiger partial charge in [-0.1, -0.05) is 18.5 Å². The zero-order valence-electron chi connectivity index (χ0n) is 11.6. The monoisotopic (exact) mass is 278 g/mol. The van der Waals surface area contributed by atoms with E-state index in [1.807, 2.05) is 12.1 Å². The Kier molecular flexibility index (Phi) is 3.99.